The lowest BCUT2D eigenvalue weighted by molar-refractivity contribution is 0.660. The van der Waals surface area contributed by atoms with Gasteiger partial charge in [0.15, 0.2) is 17.5 Å². The monoisotopic (exact) mass is 677 g/mol. The van der Waals surface area contributed by atoms with Gasteiger partial charge < -0.3 is 0 Å². The smallest absolute Gasteiger partial charge is 0.165 e. The second-order valence-electron chi connectivity index (χ2n) is 14.4. The summed E-state index contributed by atoms with van der Waals surface area (Å²) in [6.07, 6.45) is 0. The standard InChI is InChI=1S/C50H35N3/c1-50(2)42-26-14-13-24-41(42)45-36(25-15-27-43(45)50)32-28-30-33(31-29-32)44-39-22-11-9-20-37(39)38-21-10-12-23-40(38)46(44)49-52-47(34-16-5-3-6-17-34)51-48(53-49)35-18-7-4-8-19-35/h3-31H,1-2H3. The van der Waals surface area contributed by atoms with Gasteiger partial charge in [0.2, 0.25) is 0 Å². The van der Waals surface area contributed by atoms with Crippen molar-refractivity contribution in [2.75, 3.05) is 0 Å². The molecule has 1 aliphatic rings. The van der Waals surface area contributed by atoms with E-state index in [2.05, 4.69) is 153 Å². The van der Waals surface area contributed by atoms with E-state index in [4.69, 9.17) is 15.0 Å². The minimum atomic E-state index is -0.0530. The minimum absolute atomic E-state index is 0.0530. The third-order valence-corrected chi connectivity index (χ3v) is 10.9. The van der Waals surface area contributed by atoms with E-state index in [0.29, 0.717) is 17.5 Å². The van der Waals surface area contributed by atoms with E-state index >= 15 is 0 Å². The Morgan fingerprint density at radius 1 is 0.302 bits per heavy atom. The van der Waals surface area contributed by atoms with Gasteiger partial charge >= 0.3 is 0 Å². The molecule has 1 heterocycles. The van der Waals surface area contributed by atoms with Gasteiger partial charge in [0.1, 0.15) is 0 Å². The van der Waals surface area contributed by atoms with Crippen LogP contribution >= 0.6 is 0 Å². The average molecular weight is 678 g/mol. The summed E-state index contributed by atoms with van der Waals surface area (Å²) in [4.78, 5) is 15.5. The molecule has 1 aromatic heterocycles. The van der Waals surface area contributed by atoms with Gasteiger partial charge in [0.25, 0.3) is 0 Å². The molecule has 0 spiro atoms. The SMILES string of the molecule is CC1(C)c2ccccc2-c2c(-c3ccc(-c4c(-c5nc(-c6ccccc6)nc(-c6ccccc6)n5)c5ccccc5c5ccccc45)cc3)cccc21. The van der Waals surface area contributed by atoms with Crippen molar-refractivity contribution < 1.29 is 0 Å². The highest BCUT2D eigenvalue weighted by Crippen LogP contribution is 2.52. The maximum atomic E-state index is 5.26. The molecule has 250 valence electrons. The Balaban J connectivity index is 1.23. The maximum absolute atomic E-state index is 5.26. The highest BCUT2D eigenvalue weighted by Gasteiger charge is 2.36. The molecular formula is C50H35N3. The number of hydrogen-bond acceptors (Lipinski definition) is 3. The fourth-order valence-corrected chi connectivity index (χ4v) is 8.41. The lowest BCUT2D eigenvalue weighted by Gasteiger charge is -2.21. The zero-order valence-electron chi connectivity index (χ0n) is 29.6. The Morgan fingerprint density at radius 2 is 0.755 bits per heavy atom. The molecule has 0 saturated carbocycles. The van der Waals surface area contributed by atoms with E-state index in [1.54, 1.807) is 0 Å². The van der Waals surface area contributed by atoms with Crippen LogP contribution in [0.4, 0.5) is 0 Å². The summed E-state index contributed by atoms with van der Waals surface area (Å²) in [6, 6.07) is 62.5. The first-order chi connectivity index (χ1) is 26.1. The lowest BCUT2D eigenvalue weighted by atomic mass is 9.82. The summed E-state index contributed by atoms with van der Waals surface area (Å²) < 4.78 is 0. The van der Waals surface area contributed by atoms with Gasteiger partial charge in [-0.3, -0.25) is 0 Å². The number of fused-ring (bicyclic) bond motifs is 6. The van der Waals surface area contributed by atoms with Crippen LogP contribution in [0.2, 0.25) is 0 Å². The Labute approximate surface area is 309 Å². The Hall–Kier alpha value is -6.71. The molecule has 8 aromatic carbocycles. The highest BCUT2D eigenvalue weighted by atomic mass is 15.0. The molecule has 0 fully saturated rings. The fourth-order valence-electron chi connectivity index (χ4n) is 8.41. The van der Waals surface area contributed by atoms with E-state index in [9.17, 15) is 0 Å². The van der Waals surface area contributed by atoms with Crippen molar-refractivity contribution >= 4 is 21.5 Å². The largest absolute Gasteiger partial charge is 0.208 e. The van der Waals surface area contributed by atoms with Gasteiger partial charge in [-0.05, 0) is 60.5 Å². The van der Waals surface area contributed by atoms with Gasteiger partial charge in [-0.25, -0.2) is 15.0 Å². The van der Waals surface area contributed by atoms with Crippen LogP contribution in [0.15, 0.2) is 176 Å². The number of hydrogen-bond donors (Lipinski definition) is 0. The van der Waals surface area contributed by atoms with Crippen LogP contribution in [-0.2, 0) is 5.41 Å². The van der Waals surface area contributed by atoms with Crippen LogP contribution in [0, 0.1) is 0 Å². The fraction of sp³-hybridized carbons (Fsp3) is 0.0600. The van der Waals surface area contributed by atoms with E-state index in [0.717, 1.165) is 38.6 Å². The molecule has 0 aliphatic heterocycles. The quantitative estimate of drug-likeness (QED) is 0.170. The van der Waals surface area contributed by atoms with Crippen LogP contribution < -0.4 is 0 Å². The summed E-state index contributed by atoms with van der Waals surface area (Å²) in [7, 11) is 0. The van der Waals surface area contributed by atoms with E-state index in [-0.39, 0.29) is 5.41 Å². The second-order valence-corrected chi connectivity index (χ2v) is 14.4. The van der Waals surface area contributed by atoms with Crippen molar-refractivity contribution in [3.63, 3.8) is 0 Å². The number of nitrogens with zero attached hydrogens (tertiary/aromatic N) is 3. The molecule has 3 heteroatoms. The molecule has 53 heavy (non-hydrogen) atoms. The molecular weight excluding hydrogens is 643 g/mol. The van der Waals surface area contributed by atoms with E-state index in [1.807, 2.05) is 36.4 Å². The lowest BCUT2D eigenvalue weighted by Crippen LogP contribution is -2.14. The summed E-state index contributed by atoms with van der Waals surface area (Å²) in [5.41, 5.74) is 12.9. The minimum Gasteiger partial charge on any atom is -0.208 e. The third kappa shape index (κ3) is 5.00. The Morgan fingerprint density at radius 3 is 1.38 bits per heavy atom. The van der Waals surface area contributed by atoms with Crippen molar-refractivity contribution in [3.8, 4) is 67.5 Å². The predicted molar refractivity (Wildman–Crippen MR) is 220 cm³/mol. The first kappa shape index (κ1) is 31.1. The van der Waals surface area contributed by atoms with Crippen LogP contribution in [0.3, 0.4) is 0 Å². The molecule has 10 rings (SSSR count). The Kier molecular flexibility index (Phi) is 7.16. The molecule has 0 radical (unpaired) electrons. The van der Waals surface area contributed by atoms with Crippen molar-refractivity contribution in [2.24, 2.45) is 0 Å². The van der Waals surface area contributed by atoms with Crippen molar-refractivity contribution in [1.29, 1.82) is 0 Å². The van der Waals surface area contributed by atoms with Gasteiger partial charge in [-0.15, -0.1) is 0 Å². The normalized spacial score (nSPS) is 12.9. The second kappa shape index (κ2) is 12.2. The molecule has 0 bridgehead atoms. The average Bonchev–Trinajstić information content (AvgIpc) is 3.47. The van der Waals surface area contributed by atoms with Gasteiger partial charge in [-0.1, -0.05) is 190 Å². The molecule has 3 nitrogen and oxygen atoms in total. The highest BCUT2D eigenvalue weighted by molar-refractivity contribution is 6.21. The summed E-state index contributed by atoms with van der Waals surface area (Å²) in [5.74, 6) is 1.95. The summed E-state index contributed by atoms with van der Waals surface area (Å²) in [6.45, 7) is 4.68. The zero-order chi connectivity index (χ0) is 35.5. The van der Waals surface area contributed by atoms with E-state index < -0.39 is 0 Å². The van der Waals surface area contributed by atoms with Crippen LogP contribution in [0.1, 0.15) is 25.0 Å². The van der Waals surface area contributed by atoms with E-state index in [1.165, 1.54) is 44.2 Å². The maximum Gasteiger partial charge on any atom is 0.165 e. The molecule has 0 unspecified atom stereocenters. The van der Waals surface area contributed by atoms with Crippen LogP contribution in [-0.4, -0.2) is 15.0 Å². The number of rotatable bonds is 5. The van der Waals surface area contributed by atoms with Gasteiger partial charge in [0.05, 0.1) is 0 Å². The molecule has 0 N–H and O–H groups in total. The molecule has 0 amide bonds. The summed E-state index contributed by atoms with van der Waals surface area (Å²) >= 11 is 0. The summed E-state index contributed by atoms with van der Waals surface area (Å²) in [5, 5.41) is 4.64. The van der Waals surface area contributed by atoms with Gasteiger partial charge in [-0.2, -0.15) is 0 Å². The molecule has 1 aliphatic carbocycles. The first-order valence-electron chi connectivity index (χ1n) is 18.2. The van der Waals surface area contributed by atoms with Crippen LogP contribution in [0.5, 0.6) is 0 Å². The molecule has 9 aromatic rings. The number of aromatic nitrogens is 3. The first-order valence-corrected chi connectivity index (χ1v) is 18.2. The van der Waals surface area contributed by atoms with Crippen molar-refractivity contribution in [2.45, 2.75) is 19.3 Å². The zero-order valence-corrected chi connectivity index (χ0v) is 29.6. The topological polar surface area (TPSA) is 38.7 Å². The molecule has 0 saturated heterocycles. The Bertz CT molecular complexity index is 2780. The van der Waals surface area contributed by atoms with Crippen molar-refractivity contribution in [1.82, 2.24) is 15.0 Å². The predicted octanol–water partition coefficient (Wildman–Crippen LogP) is 12.8. The van der Waals surface area contributed by atoms with Crippen molar-refractivity contribution in [3.05, 3.63) is 187 Å². The van der Waals surface area contributed by atoms with Crippen LogP contribution in [0.25, 0.3) is 89.1 Å². The van der Waals surface area contributed by atoms with Gasteiger partial charge in [0, 0.05) is 27.7 Å². The number of benzene rings is 8. The third-order valence-electron chi connectivity index (χ3n) is 10.9. The molecule has 0 atom stereocenters.